The number of aliphatic imine (C=N–C) groups is 1. The molecule has 6 heteroatoms. The smallest absolute Gasteiger partial charge is 0.262 e. The number of aromatic amines is 1. The van der Waals surface area contributed by atoms with Gasteiger partial charge < -0.3 is 5.11 Å². The Kier molecular flexibility index (Phi) is 4.71. The predicted octanol–water partition coefficient (Wildman–Crippen LogP) is 3.48. The second-order valence-electron chi connectivity index (χ2n) is 5.71. The first kappa shape index (κ1) is 15.7. The summed E-state index contributed by atoms with van der Waals surface area (Å²) in [5.41, 5.74) is 1.81. The third-order valence-corrected chi connectivity index (χ3v) is 4.44. The summed E-state index contributed by atoms with van der Waals surface area (Å²) < 4.78 is 1.83. The highest BCUT2D eigenvalue weighted by Gasteiger charge is 2.13. The van der Waals surface area contributed by atoms with Crippen molar-refractivity contribution in [2.75, 3.05) is 0 Å². The van der Waals surface area contributed by atoms with E-state index in [-0.39, 0.29) is 16.2 Å². The Bertz CT molecular complexity index is 826. The van der Waals surface area contributed by atoms with Crippen molar-refractivity contribution in [2.45, 2.75) is 38.6 Å². The topological polar surface area (TPSA) is 70.4 Å². The molecule has 0 amide bonds. The van der Waals surface area contributed by atoms with Crippen LogP contribution in [0.5, 0.6) is 5.88 Å². The molecule has 5 nitrogen and oxygen atoms in total. The molecule has 0 fully saturated rings. The number of nitrogens with zero attached hydrogens (tertiary/aromatic N) is 2. The van der Waals surface area contributed by atoms with E-state index in [1.165, 1.54) is 18.4 Å². The maximum Gasteiger partial charge on any atom is 0.262 e. The van der Waals surface area contributed by atoms with Gasteiger partial charge in [-0.05, 0) is 62.6 Å². The lowest BCUT2D eigenvalue weighted by molar-refractivity contribution is 0.401. The molecule has 1 aromatic heterocycles. The number of rotatable bonds is 4. The van der Waals surface area contributed by atoms with Crippen molar-refractivity contribution in [3.8, 4) is 5.88 Å². The third-order valence-electron chi connectivity index (χ3n) is 4.12. The number of hydrogen-bond donors (Lipinski definition) is 2. The van der Waals surface area contributed by atoms with E-state index in [1.807, 2.05) is 0 Å². The molecule has 2 N–H and O–H groups in total. The van der Waals surface area contributed by atoms with Gasteiger partial charge in [0.05, 0.1) is 5.70 Å². The first-order valence-electron chi connectivity index (χ1n) is 7.81. The number of allylic oxidation sites excluding steroid dienone is 4. The van der Waals surface area contributed by atoms with Crippen molar-refractivity contribution >= 4 is 24.5 Å². The monoisotopic (exact) mass is 329 g/mol. The molecule has 0 spiro atoms. The largest absolute Gasteiger partial charge is 0.494 e. The number of H-pyrrole nitrogens is 1. The van der Waals surface area contributed by atoms with E-state index in [4.69, 9.17) is 12.2 Å². The lowest BCUT2D eigenvalue weighted by Gasteiger charge is -2.15. The number of nitrogens with one attached hydrogen (secondary N) is 1. The molecule has 0 atom stereocenters. The van der Waals surface area contributed by atoms with Crippen molar-refractivity contribution < 1.29 is 5.11 Å². The fraction of sp³-hybridized carbons (Fsp3) is 0.353. The van der Waals surface area contributed by atoms with Crippen LogP contribution in [0.2, 0.25) is 0 Å². The standard InChI is InChI=1S/C17H19N3O2S/c21-15-14(11-13-7-4-9-18-13)16(22)20(17(23)19-15)10-8-12-5-2-1-3-6-12/h4-5,7,9,11,22H,1-3,6,8,10H2,(H,19,21,23)/b13-11+. The molecule has 120 valence electrons. The molecule has 0 bridgehead atoms. The van der Waals surface area contributed by atoms with Gasteiger partial charge >= 0.3 is 0 Å². The molecule has 2 aliphatic rings. The lowest BCUT2D eigenvalue weighted by atomic mass is 9.97. The van der Waals surface area contributed by atoms with E-state index >= 15 is 0 Å². The summed E-state index contributed by atoms with van der Waals surface area (Å²) in [4.78, 5) is 18.8. The van der Waals surface area contributed by atoms with Crippen LogP contribution >= 0.6 is 12.2 Å². The maximum atomic E-state index is 12.1. The summed E-state index contributed by atoms with van der Waals surface area (Å²) in [6.07, 6.45) is 14.6. The predicted molar refractivity (Wildman–Crippen MR) is 94.3 cm³/mol. The average molecular weight is 329 g/mol. The molecule has 1 aliphatic carbocycles. The van der Waals surface area contributed by atoms with Gasteiger partial charge in [0, 0.05) is 12.8 Å². The van der Waals surface area contributed by atoms with Gasteiger partial charge in [0.15, 0.2) is 4.77 Å². The number of hydrogen-bond acceptors (Lipinski definition) is 4. The van der Waals surface area contributed by atoms with Crippen LogP contribution in [0.3, 0.4) is 0 Å². The first-order chi connectivity index (χ1) is 11.1. The summed E-state index contributed by atoms with van der Waals surface area (Å²) in [7, 11) is 0. The highest BCUT2D eigenvalue weighted by Crippen LogP contribution is 2.23. The molecule has 2 heterocycles. The molecular formula is C17H19N3O2S. The zero-order chi connectivity index (χ0) is 16.2. The minimum absolute atomic E-state index is 0.0989. The Morgan fingerprint density at radius 1 is 1.43 bits per heavy atom. The maximum absolute atomic E-state index is 12.1. The number of aromatic nitrogens is 2. The summed E-state index contributed by atoms with van der Waals surface area (Å²) in [5.74, 6) is -0.0989. The van der Waals surface area contributed by atoms with Crippen LogP contribution in [0.15, 0.2) is 39.3 Å². The molecule has 3 rings (SSSR count). The Morgan fingerprint density at radius 3 is 3.00 bits per heavy atom. The van der Waals surface area contributed by atoms with Gasteiger partial charge in [0.1, 0.15) is 5.56 Å². The van der Waals surface area contributed by atoms with Gasteiger partial charge in [-0.2, -0.15) is 0 Å². The van der Waals surface area contributed by atoms with E-state index in [1.54, 1.807) is 29.0 Å². The molecule has 0 unspecified atom stereocenters. The normalized spacial score (nSPS) is 18.6. The quantitative estimate of drug-likeness (QED) is 0.656. The third kappa shape index (κ3) is 3.59. The Labute approximate surface area is 139 Å². The summed E-state index contributed by atoms with van der Waals surface area (Å²) in [5, 5.41) is 10.5. The molecule has 23 heavy (non-hydrogen) atoms. The van der Waals surface area contributed by atoms with Gasteiger partial charge in [-0.15, -0.1) is 0 Å². The molecule has 0 radical (unpaired) electrons. The van der Waals surface area contributed by atoms with Crippen LogP contribution in [-0.4, -0.2) is 20.9 Å². The molecule has 0 saturated carbocycles. The summed E-state index contributed by atoms with van der Waals surface area (Å²) >= 11 is 5.20. The van der Waals surface area contributed by atoms with Crippen LogP contribution in [0.1, 0.15) is 37.7 Å². The zero-order valence-electron chi connectivity index (χ0n) is 12.8. The Morgan fingerprint density at radius 2 is 2.30 bits per heavy atom. The van der Waals surface area contributed by atoms with E-state index < -0.39 is 5.56 Å². The van der Waals surface area contributed by atoms with Crippen molar-refractivity contribution in [1.82, 2.24) is 9.55 Å². The van der Waals surface area contributed by atoms with Crippen molar-refractivity contribution in [2.24, 2.45) is 4.99 Å². The summed E-state index contributed by atoms with van der Waals surface area (Å²) in [6, 6.07) is 0. The van der Waals surface area contributed by atoms with Crippen molar-refractivity contribution in [3.63, 3.8) is 0 Å². The zero-order valence-corrected chi connectivity index (χ0v) is 13.6. The van der Waals surface area contributed by atoms with Crippen LogP contribution in [0.4, 0.5) is 0 Å². The minimum atomic E-state index is -0.399. The Balaban J connectivity index is 1.90. The highest BCUT2D eigenvalue weighted by atomic mass is 32.1. The fourth-order valence-electron chi connectivity index (χ4n) is 2.85. The second-order valence-corrected chi connectivity index (χ2v) is 6.10. The van der Waals surface area contributed by atoms with E-state index in [9.17, 15) is 9.90 Å². The summed E-state index contributed by atoms with van der Waals surface area (Å²) in [6.45, 7) is 0.558. The van der Waals surface area contributed by atoms with Gasteiger partial charge in [-0.25, -0.2) is 0 Å². The van der Waals surface area contributed by atoms with Gasteiger partial charge in [-0.3, -0.25) is 19.3 Å². The molecular weight excluding hydrogens is 310 g/mol. The molecule has 1 aliphatic heterocycles. The molecule has 0 saturated heterocycles. The molecule has 0 aromatic carbocycles. The van der Waals surface area contributed by atoms with Gasteiger partial charge in [-0.1, -0.05) is 11.6 Å². The minimum Gasteiger partial charge on any atom is -0.494 e. The average Bonchev–Trinajstić information content (AvgIpc) is 3.05. The highest BCUT2D eigenvalue weighted by molar-refractivity contribution is 7.71. The van der Waals surface area contributed by atoms with Crippen LogP contribution < -0.4 is 5.56 Å². The number of aromatic hydroxyl groups is 1. The van der Waals surface area contributed by atoms with Crippen LogP contribution in [0, 0.1) is 4.77 Å². The van der Waals surface area contributed by atoms with E-state index in [2.05, 4.69) is 16.1 Å². The van der Waals surface area contributed by atoms with Crippen LogP contribution in [0.25, 0.3) is 6.08 Å². The molecule has 1 aromatic rings. The lowest BCUT2D eigenvalue weighted by Crippen LogP contribution is -2.17. The van der Waals surface area contributed by atoms with Crippen LogP contribution in [-0.2, 0) is 6.54 Å². The van der Waals surface area contributed by atoms with Crippen molar-refractivity contribution in [3.05, 3.63) is 50.2 Å². The SMILES string of the molecule is O=c1[nH]c(=S)n(CCC2=CCCCC2)c(O)c1/C=C1\C=CC=N1. The fourth-order valence-corrected chi connectivity index (χ4v) is 3.12. The Hall–Kier alpha value is -2.21. The van der Waals surface area contributed by atoms with E-state index in [0.29, 0.717) is 12.2 Å². The first-order valence-corrected chi connectivity index (χ1v) is 8.22. The second kappa shape index (κ2) is 6.91. The van der Waals surface area contributed by atoms with E-state index in [0.717, 1.165) is 19.3 Å². The van der Waals surface area contributed by atoms with Gasteiger partial charge in [0.25, 0.3) is 5.56 Å². The van der Waals surface area contributed by atoms with Crippen molar-refractivity contribution in [1.29, 1.82) is 0 Å². The van der Waals surface area contributed by atoms with Gasteiger partial charge in [0.2, 0.25) is 5.88 Å².